The second kappa shape index (κ2) is 11.3. The van der Waals surface area contributed by atoms with Gasteiger partial charge in [0.25, 0.3) is 0 Å². The number of esters is 1. The van der Waals surface area contributed by atoms with Gasteiger partial charge in [-0.05, 0) is 42.3 Å². The summed E-state index contributed by atoms with van der Waals surface area (Å²) in [5.74, 6) is -0.119. The van der Waals surface area contributed by atoms with Crippen LogP contribution >= 0.6 is 39.1 Å². The van der Waals surface area contributed by atoms with E-state index in [1.165, 1.54) is 12.1 Å². The largest absolute Gasteiger partial charge is 0.490 e. The van der Waals surface area contributed by atoms with Crippen LogP contribution in [0.5, 0.6) is 17.2 Å². The number of carbonyl (C=O) groups is 1. The van der Waals surface area contributed by atoms with E-state index in [-0.39, 0.29) is 27.2 Å². The highest BCUT2D eigenvalue weighted by molar-refractivity contribution is 9.10. The highest BCUT2D eigenvalue weighted by Crippen LogP contribution is 2.43. The smallest absolute Gasteiger partial charge is 0.343 e. The van der Waals surface area contributed by atoms with Gasteiger partial charge in [-0.3, -0.25) is 0 Å². The number of carbonyl (C=O) groups excluding carboxylic acids is 1. The van der Waals surface area contributed by atoms with E-state index in [9.17, 15) is 10.1 Å². The summed E-state index contributed by atoms with van der Waals surface area (Å²) < 4.78 is 17.8. The van der Waals surface area contributed by atoms with Gasteiger partial charge in [-0.2, -0.15) is 5.26 Å². The van der Waals surface area contributed by atoms with Crippen molar-refractivity contribution in [2.45, 2.75) is 25.7 Å². The Morgan fingerprint density at radius 1 is 1.14 bits per heavy atom. The minimum Gasteiger partial charge on any atom is -0.490 e. The molecule has 1 aliphatic rings. The van der Waals surface area contributed by atoms with Crippen LogP contribution in [-0.2, 0) is 0 Å². The Kier molecular flexibility index (Phi) is 8.10. The van der Waals surface area contributed by atoms with Crippen LogP contribution < -0.4 is 19.9 Å². The van der Waals surface area contributed by atoms with Crippen LogP contribution in [0.4, 0.5) is 0 Å². The van der Waals surface area contributed by atoms with Gasteiger partial charge in [0.05, 0.1) is 28.1 Å². The number of nitrogens with zero attached hydrogens (tertiary/aromatic N) is 1. The first-order valence-corrected chi connectivity index (χ1v) is 12.7. The summed E-state index contributed by atoms with van der Waals surface area (Å²) in [6.07, 6.45) is 1.82. The van der Waals surface area contributed by atoms with Crippen molar-refractivity contribution in [3.8, 4) is 23.3 Å². The Bertz CT molecular complexity index is 1360. The molecule has 1 heterocycles. The zero-order valence-electron chi connectivity index (χ0n) is 19.2. The molecule has 0 bridgehead atoms. The van der Waals surface area contributed by atoms with Gasteiger partial charge in [0.1, 0.15) is 23.1 Å². The van der Waals surface area contributed by atoms with Gasteiger partial charge in [0, 0.05) is 16.1 Å². The summed E-state index contributed by atoms with van der Waals surface area (Å²) >= 11 is 16.0. The lowest BCUT2D eigenvalue weighted by molar-refractivity contribution is 0.0734. The van der Waals surface area contributed by atoms with Crippen molar-refractivity contribution in [2.75, 3.05) is 6.61 Å². The fourth-order valence-electron chi connectivity index (χ4n) is 3.80. The number of nitrogens with two attached hydrogens (primary N) is 1. The number of ether oxygens (including phenoxy) is 3. The molecule has 0 spiro atoms. The molecule has 6 nitrogen and oxygen atoms in total. The molecule has 0 saturated heterocycles. The number of rotatable bonds is 7. The first kappa shape index (κ1) is 25.9. The van der Waals surface area contributed by atoms with Gasteiger partial charge in [0.15, 0.2) is 5.75 Å². The molecule has 1 unspecified atom stereocenters. The van der Waals surface area contributed by atoms with Crippen LogP contribution in [0, 0.1) is 11.3 Å². The second-order valence-corrected chi connectivity index (χ2v) is 9.77. The van der Waals surface area contributed by atoms with Crippen LogP contribution in [-0.4, -0.2) is 12.6 Å². The minimum atomic E-state index is -0.652. The Hall–Kier alpha value is -3.18. The third kappa shape index (κ3) is 5.46. The Balaban J connectivity index is 1.59. The lowest BCUT2D eigenvalue weighted by Gasteiger charge is -2.26. The molecule has 4 rings (SSSR count). The van der Waals surface area contributed by atoms with Gasteiger partial charge in [-0.15, -0.1) is 0 Å². The van der Waals surface area contributed by atoms with E-state index in [1.807, 2.05) is 31.2 Å². The number of hydrogen-bond donors (Lipinski definition) is 1. The maximum absolute atomic E-state index is 12.8. The van der Waals surface area contributed by atoms with Crippen molar-refractivity contribution < 1.29 is 19.0 Å². The summed E-state index contributed by atoms with van der Waals surface area (Å²) in [7, 11) is 0. The molecule has 2 N–H and O–H groups in total. The number of hydrogen-bond acceptors (Lipinski definition) is 6. The molecule has 0 fully saturated rings. The van der Waals surface area contributed by atoms with Crippen molar-refractivity contribution in [1.82, 2.24) is 0 Å². The molecule has 0 radical (unpaired) electrons. The van der Waals surface area contributed by atoms with E-state index >= 15 is 0 Å². The monoisotopic (exact) mass is 586 g/mol. The summed E-state index contributed by atoms with van der Waals surface area (Å²) in [4.78, 5) is 12.8. The third-order valence-corrected chi connectivity index (χ3v) is 6.67. The van der Waals surface area contributed by atoms with Crippen LogP contribution in [0.25, 0.3) is 0 Å². The lowest BCUT2D eigenvalue weighted by Crippen LogP contribution is -2.21. The zero-order valence-corrected chi connectivity index (χ0v) is 22.3. The molecule has 0 amide bonds. The average Bonchev–Trinajstić information content (AvgIpc) is 2.85. The molecule has 1 atom stereocenters. The number of halogens is 3. The number of fused-ring (bicyclic) bond motifs is 1. The molecule has 3 aromatic carbocycles. The molecule has 9 heteroatoms. The predicted molar refractivity (Wildman–Crippen MR) is 142 cm³/mol. The maximum Gasteiger partial charge on any atom is 0.343 e. The van der Waals surface area contributed by atoms with Gasteiger partial charge in [-0.25, -0.2) is 4.79 Å². The van der Waals surface area contributed by atoms with Crippen LogP contribution in [0.3, 0.4) is 0 Å². The van der Waals surface area contributed by atoms with E-state index < -0.39 is 11.9 Å². The molecular weight excluding hydrogens is 567 g/mol. The van der Waals surface area contributed by atoms with Crippen LogP contribution in [0.2, 0.25) is 10.0 Å². The summed E-state index contributed by atoms with van der Waals surface area (Å²) in [5, 5.41) is 10.2. The molecule has 1 aliphatic heterocycles. The first-order valence-electron chi connectivity index (χ1n) is 11.1. The third-order valence-electron chi connectivity index (χ3n) is 5.58. The molecule has 184 valence electrons. The number of unbranched alkanes of at least 4 members (excludes halogenated alkanes) is 1. The summed E-state index contributed by atoms with van der Waals surface area (Å²) in [5.41, 5.74) is 8.15. The van der Waals surface area contributed by atoms with E-state index in [0.717, 1.165) is 28.4 Å². The topological polar surface area (TPSA) is 94.6 Å². The average molecular weight is 588 g/mol. The molecule has 36 heavy (non-hydrogen) atoms. The number of allylic oxidation sites excluding steroid dienone is 1. The van der Waals surface area contributed by atoms with Crippen molar-refractivity contribution >= 4 is 45.1 Å². The predicted octanol–water partition coefficient (Wildman–Crippen LogP) is 7.37. The highest BCUT2D eigenvalue weighted by atomic mass is 79.9. The van der Waals surface area contributed by atoms with Crippen LogP contribution in [0.1, 0.15) is 47.2 Å². The normalized spacial score (nSPS) is 14.5. The van der Waals surface area contributed by atoms with E-state index in [2.05, 4.69) is 22.0 Å². The van der Waals surface area contributed by atoms with E-state index in [1.54, 1.807) is 18.2 Å². The zero-order chi connectivity index (χ0) is 25.8. The highest BCUT2D eigenvalue weighted by Gasteiger charge is 2.31. The summed E-state index contributed by atoms with van der Waals surface area (Å²) in [6, 6.07) is 17.6. The quantitative estimate of drug-likeness (QED) is 0.176. The van der Waals surface area contributed by atoms with Crippen molar-refractivity contribution in [1.29, 1.82) is 5.26 Å². The second-order valence-electron chi connectivity index (χ2n) is 8.04. The lowest BCUT2D eigenvalue weighted by atomic mass is 9.83. The Morgan fingerprint density at radius 2 is 1.83 bits per heavy atom. The fraction of sp³-hybridized carbons (Fsp3) is 0.185. The molecule has 0 aromatic heterocycles. The van der Waals surface area contributed by atoms with Gasteiger partial charge in [0.2, 0.25) is 5.88 Å². The minimum absolute atomic E-state index is 0.00128. The first-order chi connectivity index (χ1) is 17.3. The number of nitriles is 1. The molecular formula is C27H21BrCl2N2O4. The van der Waals surface area contributed by atoms with Gasteiger partial charge < -0.3 is 19.9 Å². The van der Waals surface area contributed by atoms with Gasteiger partial charge in [-0.1, -0.05) is 70.7 Å². The molecule has 3 aromatic rings. The Labute approximate surface area is 227 Å². The standard InChI is InChI=1S/C27H21BrCl2N2O4/c1-2-3-10-34-25-21(29)11-16(12-22(25)30)27(33)35-18-8-9-19-23(13-18)36-26(32)20(14-31)24(19)15-4-6-17(28)7-5-15/h4-9,11-13,24H,2-3,10,32H2,1H3. The molecule has 0 aliphatic carbocycles. The van der Waals surface area contributed by atoms with Crippen molar-refractivity contribution in [3.63, 3.8) is 0 Å². The maximum atomic E-state index is 12.8. The fourth-order valence-corrected chi connectivity index (χ4v) is 4.66. The van der Waals surface area contributed by atoms with E-state index in [0.29, 0.717) is 23.7 Å². The van der Waals surface area contributed by atoms with E-state index in [4.69, 9.17) is 43.1 Å². The molecule has 0 saturated carbocycles. The SMILES string of the molecule is CCCCOc1c(Cl)cc(C(=O)Oc2ccc3c(c2)OC(N)=C(C#N)C3c2ccc(Br)cc2)cc1Cl. The van der Waals surface area contributed by atoms with Gasteiger partial charge >= 0.3 is 5.97 Å². The van der Waals surface area contributed by atoms with Crippen molar-refractivity contribution in [2.24, 2.45) is 5.73 Å². The van der Waals surface area contributed by atoms with Crippen LogP contribution in [0.15, 0.2) is 70.5 Å². The number of benzene rings is 3. The Morgan fingerprint density at radius 3 is 2.47 bits per heavy atom. The van der Waals surface area contributed by atoms with Crippen molar-refractivity contribution in [3.05, 3.63) is 97.3 Å². The summed E-state index contributed by atoms with van der Waals surface area (Å²) in [6.45, 7) is 2.52.